The van der Waals surface area contributed by atoms with Crippen molar-refractivity contribution in [2.24, 2.45) is 0 Å². The average Bonchev–Trinajstić information content (AvgIpc) is 2.66. The molecule has 2 N–H and O–H groups in total. The maximum absolute atomic E-state index is 12.7. The van der Waals surface area contributed by atoms with Gasteiger partial charge in [0.05, 0.1) is 17.4 Å². The van der Waals surface area contributed by atoms with Gasteiger partial charge in [0.2, 0.25) is 0 Å². The minimum Gasteiger partial charge on any atom is -0.507 e. The first-order valence-corrected chi connectivity index (χ1v) is 8.86. The summed E-state index contributed by atoms with van der Waals surface area (Å²) in [5, 5.41) is 21.0. The molecule has 0 fully saturated rings. The van der Waals surface area contributed by atoms with Gasteiger partial charge in [0.15, 0.2) is 0 Å². The minimum absolute atomic E-state index is 0.181. The second-order valence-electron chi connectivity index (χ2n) is 6.82. The minimum atomic E-state index is -1.20. The maximum Gasteiger partial charge on any atom is 0.343 e. The Morgan fingerprint density at radius 1 is 1.00 bits per heavy atom. The Bertz CT molecular complexity index is 1380. The average molecular weight is 392 g/mol. The zero-order valence-corrected chi connectivity index (χ0v) is 15.3. The van der Waals surface area contributed by atoms with Gasteiger partial charge in [-0.2, -0.15) is 0 Å². The Hall–Kier alpha value is -3.87. The van der Waals surface area contributed by atoms with Crippen LogP contribution in [0, 0.1) is 6.92 Å². The molecular formula is C22H16O7. The lowest BCUT2D eigenvalue weighted by Crippen LogP contribution is -2.18. The predicted octanol–water partition coefficient (Wildman–Crippen LogP) is 3.52. The van der Waals surface area contributed by atoms with E-state index < -0.39 is 29.6 Å². The fourth-order valence-corrected chi connectivity index (χ4v) is 3.58. The van der Waals surface area contributed by atoms with Crippen LogP contribution in [-0.2, 0) is 4.79 Å². The smallest absolute Gasteiger partial charge is 0.343 e. The fraction of sp³-hybridized carbons (Fsp3) is 0.136. The lowest BCUT2D eigenvalue weighted by Gasteiger charge is -2.18. The van der Waals surface area contributed by atoms with E-state index in [1.807, 2.05) is 6.92 Å². The summed E-state index contributed by atoms with van der Waals surface area (Å²) in [6.45, 7) is 1.82. The molecule has 2 aromatic heterocycles. The molecule has 7 nitrogen and oxygen atoms in total. The second-order valence-corrected chi connectivity index (χ2v) is 6.82. The molecule has 7 heteroatoms. The molecule has 0 spiro atoms. The molecule has 2 aromatic carbocycles. The quantitative estimate of drug-likeness (QED) is 0.510. The highest BCUT2D eigenvalue weighted by atomic mass is 16.4. The number of aliphatic carboxylic acids is 1. The van der Waals surface area contributed by atoms with Gasteiger partial charge in [-0.1, -0.05) is 24.3 Å². The molecule has 0 amide bonds. The van der Waals surface area contributed by atoms with Crippen LogP contribution in [0.1, 0.15) is 29.0 Å². The van der Waals surface area contributed by atoms with Crippen LogP contribution in [0.15, 0.2) is 67.0 Å². The van der Waals surface area contributed by atoms with Crippen molar-refractivity contribution in [3.63, 3.8) is 0 Å². The lowest BCUT2D eigenvalue weighted by molar-refractivity contribution is -0.137. The van der Waals surface area contributed by atoms with Gasteiger partial charge >= 0.3 is 17.2 Å². The van der Waals surface area contributed by atoms with Crippen LogP contribution in [0.3, 0.4) is 0 Å². The monoisotopic (exact) mass is 392 g/mol. The van der Waals surface area contributed by atoms with Crippen molar-refractivity contribution >= 4 is 27.9 Å². The Kier molecular flexibility index (Phi) is 4.43. The molecule has 29 heavy (non-hydrogen) atoms. The van der Waals surface area contributed by atoms with Crippen molar-refractivity contribution < 1.29 is 23.8 Å². The molecule has 4 rings (SSSR count). The van der Waals surface area contributed by atoms with Gasteiger partial charge in [-0.25, -0.2) is 9.59 Å². The number of fused-ring (bicyclic) bond motifs is 2. The molecule has 1 atom stereocenters. The van der Waals surface area contributed by atoms with Crippen LogP contribution in [0.5, 0.6) is 5.75 Å². The lowest BCUT2D eigenvalue weighted by atomic mass is 9.86. The zero-order valence-electron chi connectivity index (χ0n) is 15.3. The van der Waals surface area contributed by atoms with Gasteiger partial charge < -0.3 is 19.0 Å². The number of benzene rings is 2. The number of carboxylic acid groups (broad SMARTS) is 1. The van der Waals surface area contributed by atoms with E-state index in [1.165, 1.54) is 6.07 Å². The van der Waals surface area contributed by atoms with Crippen LogP contribution >= 0.6 is 0 Å². The van der Waals surface area contributed by atoms with Crippen LogP contribution in [0.2, 0.25) is 0 Å². The third-order valence-corrected chi connectivity index (χ3v) is 4.85. The summed E-state index contributed by atoms with van der Waals surface area (Å²) in [6.07, 6.45) is -0.525. The first-order chi connectivity index (χ1) is 13.8. The van der Waals surface area contributed by atoms with Crippen molar-refractivity contribution in [1.29, 1.82) is 0 Å². The van der Waals surface area contributed by atoms with E-state index in [-0.39, 0.29) is 33.4 Å². The van der Waals surface area contributed by atoms with Crippen LogP contribution in [0.25, 0.3) is 21.9 Å². The molecule has 1 unspecified atom stereocenters. The number of carbonyl (C=O) groups is 1. The molecule has 146 valence electrons. The van der Waals surface area contributed by atoms with Crippen molar-refractivity contribution in [2.75, 3.05) is 0 Å². The molecular weight excluding hydrogens is 376 g/mol. The topological polar surface area (TPSA) is 118 Å². The molecule has 0 aliphatic heterocycles. The molecule has 0 aliphatic rings. The van der Waals surface area contributed by atoms with E-state index in [1.54, 1.807) is 36.4 Å². The summed E-state index contributed by atoms with van der Waals surface area (Å²) in [7, 11) is 0. The standard InChI is InChI=1S/C22H16O7/c1-11-6-7-12-14(10-19(25)28-17(12)8-11)15(9-18(23)24)20-21(26)13-4-2-3-5-16(13)29-22(20)27/h2-8,10,15,26H,9H2,1H3,(H,23,24). The highest BCUT2D eigenvalue weighted by Crippen LogP contribution is 2.38. The Morgan fingerprint density at radius 3 is 2.52 bits per heavy atom. The van der Waals surface area contributed by atoms with Gasteiger partial charge in [0.25, 0.3) is 0 Å². The Labute approximate surface area is 163 Å². The van der Waals surface area contributed by atoms with Gasteiger partial charge in [-0.15, -0.1) is 0 Å². The molecule has 4 aromatic rings. The normalized spacial score (nSPS) is 12.3. The van der Waals surface area contributed by atoms with E-state index >= 15 is 0 Å². The van der Waals surface area contributed by atoms with Gasteiger partial charge in [0.1, 0.15) is 16.9 Å². The molecule has 0 saturated carbocycles. The summed E-state index contributed by atoms with van der Waals surface area (Å²) >= 11 is 0. The summed E-state index contributed by atoms with van der Waals surface area (Å²) < 4.78 is 10.5. The van der Waals surface area contributed by atoms with E-state index in [9.17, 15) is 24.6 Å². The number of aromatic hydroxyl groups is 1. The fourth-order valence-electron chi connectivity index (χ4n) is 3.58. The summed E-state index contributed by atoms with van der Waals surface area (Å²) in [5.74, 6) is -2.67. The van der Waals surface area contributed by atoms with Crippen molar-refractivity contribution in [2.45, 2.75) is 19.3 Å². The third-order valence-electron chi connectivity index (χ3n) is 4.85. The number of aryl methyl sites for hydroxylation is 1. The highest BCUT2D eigenvalue weighted by Gasteiger charge is 2.29. The zero-order chi connectivity index (χ0) is 20.7. The van der Waals surface area contributed by atoms with Crippen LogP contribution in [-0.4, -0.2) is 16.2 Å². The number of para-hydroxylation sites is 1. The van der Waals surface area contributed by atoms with Crippen molar-refractivity contribution in [3.05, 3.63) is 86.1 Å². The van der Waals surface area contributed by atoms with E-state index in [4.69, 9.17) is 8.83 Å². The number of hydrogen-bond acceptors (Lipinski definition) is 6. The number of hydrogen-bond donors (Lipinski definition) is 2. The molecule has 0 saturated heterocycles. The SMILES string of the molecule is Cc1ccc2c(C(CC(=O)O)c3c(O)c4ccccc4oc3=O)cc(=O)oc2c1. The maximum atomic E-state index is 12.7. The van der Waals surface area contributed by atoms with Gasteiger partial charge in [-0.05, 0) is 36.2 Å². The second kappa shape index (κ2) is 6.94. The van der Waals surface area contributed by atoms with E-state index in [0.717, 1.165) is 11.6 Å². The Balaban J connectivity index is 2.07. The predicted molar refractivity (Wildman–Crippen MR) is 105 cm³/mol. The van der Waals surface area contributed by atoms with Gasteiger partial charge in [0, 0.05) is 17.4 Å². The summed E-state index contributed by atoms with van der Waals surface area (Å²) in [6, 6.07) is 12.7. The van der Waals surface area contributed by atoms with Gasteiger partial charge in [-0.3, -0.25) is 4.79 Å². The highest BCUT2D eigenvalue weighted by molar-refractivity contribution is 5.87. The number of rotatable bonds is 4. The third kappa shape index (κ3) is 3.27. The largest absolute Gasteiger partial charge is 0.507 e. The molecule has 2 heterocycles. The van der Waals surface area contributed by atoms with Crippen LogP contribution in [0.4, 0.5) is 0 Å². The molecule has 0 aliphatic carbocycles. The number of carboxylic acids is 1. The van der Waals surface area contributed by atoms with E-state index in [0.29, 0.717) is 5.39 Å². The first kappa shape index (κ1) is 18.5. The molecule has 0 radical (unpaired) electrons. The molecule has 0 bridgehead atoms. The first-order valence-electron chi connectivity index (χ1n) is 8.86. The van der Waals surface area contributed by atoms with Crippen molar-refractivity contribution in [3.8, 4) is 5.75 Å². The van der Waals surface area contributed by atoms with Crippen molar-refractivity contribution in [1.82, 2.24) is 0 Å². The Morgan fingerprint density at radius 2 is 1.76 bits per heavy atom. The van der Waals surface area contributed by atoms with Crippen LogP contribution < -0.4 is 11.3 Å². The summed E-state index contributed by atoms with van der Waals surface area (Å²) in [5.41, 5.74) is -0.177. The summed E-state index contributed by atoms with van der Waals surface area (Å²) in [4.78, 5) is 36.4. The van der Waals surface area contributed by atoms with E-state index in [2.05, 4.69) is 0 Å².